The molecule has 0 N–H and O–H groups in total. The minimum Gasteiger partial charge on any atom is -0.373 e. The van der Waals surface area contributed by atoms with E-state index in [1.807, 2.05) is 6.92 Å². The summed E-state index contributed by atoms with van der Waals surface area (Å²) in [7, 11) is 2.14. The van der Waals surface area contributed by atoms with Gasteiger partial charge in [0.25, 0.3) is 0 Å². The van der Waals surface area contributed by atoms with Crippen molar-refractivity contribution in [2.24, 2.45) is 9.98 Å². The molecule has 2 saturated heterocycles. The van der Waals surface area contributed by atoms with Gasteiger partial charge in [0, 0.05) is 31.4 Å². The maximum Gasteiger partial charge on any atom is 0.247 e. The largest absolute Gasteiger partial charge is 0.373 e. The molecule has 3 unspecified atom stereocenters. The second-order valence-electron chi connectivity index (χ2n) is 11.7. The molecular formula is C32H43N6O3. The molecule has 5 rings (SSSR count). The summed E-state index contributed by atoms with van der Waals surface area (Å²) in [5.41, 5.74) is 4.87. The SMILES string of the molecule is C=CC(=O)N1CCN(C2=NC(OCC3CCCN3C)N=C(C)[C]2CC[C@H]2Cc3cc(C)ccc3CO2)CC1CC#N. The molecule has 0 spiro atoms. The number of nitriles is 1. The van der Waals surface area contributed by atoms with Gasteiger partial charge in [-0.05, 0) is 76.7 Å². The van der Waals surface area contributed by atoms with Gasteiger partial charge < -0.3 is 24.2 Å². The molecule has 0 bridgehead atoms. The standard InChI is InChI=1S/C32H43N6O3/c1-5-30(39)38-16-15-37(19-26(38)12-13-33)31-29(11-10-28-18-25-17-22(2)8-9-24(25)20-40-28)23(3)34-32(35-31)41-21-27-7-6-14-36(27)4/h5,8-9,17,26-28,32H,1,6-7,10-12,14-16,18-21H2,2-4H3/t26?,27?,28-,32?/m0/s1. The highest BCUT2D eigenvalue weighted by Crippen LogP contribution is 2.30. The minimum absolute atomic E-state index is 0.131. The van der Waals surface area contributed by atoms with E-state index >= 15 is 0 Å². The number of carbonyl (C=O) groups excluding carboxylic acids is 1. The molecule has 2 fully saturated rings. The van der Waals surface area contributed by atoms with Crippen LogP contribution in [0.25, 0.3) is 0 Å². The molecular weight excluding hydrogens is 516 g/mol. The van der Waals surface area contributed by atoms with Crippen molar-refractivity contribution in [1.82, 2.24) is 14.7 Å². The zero-order valence-electron chi connectivity index (χ0n) is 24.7. The number of ether oxygens (including phenoxy) is 2. The summed E-state index contributed by atoms with van der Waals surface area (Å²) in [6.07, 6.45) is 5.99. The van der Waals surface area contributed by atoms with E-state index in [1.165, 1.54) is 29.2 Å². The van der Waals surface area contributed by atoms with Crippen LogP contribution in [0.2, 0.25) is 0 Å². The fraction of sp³-hybridized carbons (Fsp3) is 0.594. The number of amidine groups is 1. The Hall–Kier alpha value is -3.06. The molecule has 1 radical (unpaired) electrons. The van der Waals surface area contributed by atoms with Crippen LogP contribution in [-0.4, -0.2) is 96.5 Å². The Kier molecular flexibility index (Phi) is 9.53. The van der Waals surface area contributed by atoms with E-state index in [9.17, 15) is 10.1 Å². The number of aryl methyl sites for hydroxylation is 1. The summed E-state index contributed by atoms with van der Waals surface area (Å²) in [6, 6.07) is 9.03. The third kappa shape index (κ3) is 6.88. The van der Waals surface area contributed by atoms with Crippen molar-refractivity contribution < 1.29 is 14.3 Å². The van der Waals surface area contributed by atoms with E-state index in [4.69, 9.17) is 19.5 Å². The van der Waals surface area contributed by atoms with Gasteiger partial charge in [0.2, 0.25) is 12.3 Å². The van der Waals surface area contributed by atoms with E-state index in [0.717, 1.165) is 49.7 Å². The van der Waals surface area contributed by atoms with Crippen molar-refractivity contribution in [3.8, 4) is 6.07 Å². The number of carbonyl (C=O) groups is 1. The lowest BCUT2D eigenvalue weighted by atomic mass is 9.89. The van der Waals surface area contributed by atoms with Gasteiger partial charge >= 0.3 is 0 Å². The monoisotopic (exact) mass is 559 g/mol. The van der Waals surface area contributed by atoms with Crippen LogP contribution in [0.3, 0.4) is 0 Å². The number of benzene rings is 1. The molecule has 1 amide bonds. The van der Waals surface area contributed by atoms with Gasteiger partial charge in [-0.1, -0.05) is 30.3 Å². The zero-order chi connectivity index (χ0) is 28.9. The summed E-state index contributed by atoms with van der Waals surface area (Å²) in [5, 5.41) is 9.51. The molecule has 4 aliphatic heterocycles. The number of hydrogen-bond donors (Lipinski definition) is 0. The molecule has 4 atom stereocenters. The second-order valence-corrected chi connectivity index (χ2v) is 11.7. The predicted octanol–water partition coefficient (Wildman–Crippen LogP) is 3.67. The molecule has 0 saturated carbocycles. The molecule has 4 aliphatic rings. The van der Waals surface area contributed by atoms with Crippen molar-refractivity contribution in [3.05, 3.63) is 53.5 Å². The van der Waals surface area contributed by atoms with E-state index in [1.54, 1.807) is 4.90 Å². The predicted molar refractivity (Wildman–Crippen MR) is 159 cm³/mol. The van der Waals surface area contributed by atoms with Gasteiger partial charge in [0.05, 0.1) is 43.8 Å². The molecule has 0 aromatic heterocycles. The van der Waals surface area contributed by atoms with Gasteiger partial charge in [0.1, 0.15) is 5.84 Å². The number of aliphatic imine (C=N–C) groups is 2. The summed E-state index contributed by atoms with van der Waals surface area (Å²) in [6.45, 7) is 11.8. The summed E-state index contributed by atoms with van der Waals surface area (Å²) in [5.74, 6) is 1.84. The van der Waals surface area contributed by atoms with Crippen molar-refractivity contribution in [2.75, 3.05) is 39.8 Å². The minimum atomic E-state index is -0.592. The zero-order valence-corrected chi connectivity index (χ0v) is 24.7. The molecule has 1 aromatic rings. The number of likely N-dealkylation sites (N-methyl/N-ethyl adjacent to an activating group) is 1. The Labute approximate surface area is 244 Å². The fourth-order valence-electron chi connectivity index (χ4n) is 6.47. The summed E-state index contributed by atoms with van der Waals surface area (Å²) in [4.78, 5) is 28.8. The second kappa shape index (κ2) is 13.3. The van der Waals surface area contributed by atoms with Crippen molar-refractivity contribution in [2.45, 2.75) is 83.5 Å². The first-order valence-corrected chi connectivity index (χ1v) is 14.9. The first-order chi connectivity index (χ1) is 19.9. The molecule has 9 nitrogen and oxygen atoms in total. The lowest BCUT2D eigenvalue weighted by Gasteiger charge is -2.44. The van der Waals surface area contributed by atoms with Crippen LogP contribution in [0.15, 0.2) is 40.8 Å². The Morgan fingerprint density at radius 2 is 2.07 bits per heavy atom. The van der Waals surface area contributed by atoms with E-state index in [-0.39, 0.29) is 24.5 Å². The molecule has 0 aliphatic carbocycles. The van der Waals surface area contributed by atoms with Crippen molar-refractivity contribution >= 4 is 17.5 Å². The molecule has 1 aromatic carbocycles. The van der Waals surface area contributed by atoms with E-state index in [0.29, 0.717) is 38.9 Å². The number of fused-ring (bicyclic) bond motifs is 1. The highest BCUT2D eigenvalue weighted by Gasteiger charge is 2.37. The van der Waals surface area contributed by atoms with Crippen LogP contribution in [0, 0.1) is 24.2 Å². The number of amides is 1. The molecule has 9 heteroatoms. The smallest absolute Gasteiger partial charge is 0.247 e. The fourth-order valence-corrected chi connectivity index (χ4v) is 6.47. The van der Waals surface area contributed by atoms with Gasteiger partial charge in [-0.15, -0.1) is 0 Å². The number of nitrogens with zero attached hydrogens (tertiary/aromatic N) is 6. The lowest BCUT2D eigenvalue weighted by molar-refractivity contribution is -0.130. The topological polar surface area (TPSA) is 93.8 Å². The third-order valence-corrected chi connectivity index (χ3v) is 8.92. The average Bonchev–Trinajstić information content (AvgIpc) is 3.39. The van der Waals surface area contributed by atoms with Crippen LogP contribution in [0.1, 0.15) is 55.7 Å². The van der Waals surface area contributed by atoms with Crippen molar-refractivity contribution in [1.29, 1.82) is 5.26 Å². The number of piperazine rings is 1. The number of rotatable bonds is 8. The first kappa shape index (κ1) is 29.4. The van der Waals surface area contributed by atoms with E-state index in [2.05, 4.69) is 54.6 Å². The normalized spacial score (nSPS) is 27.2. The van der Waals surface area contributed by atoms with Crippen molar-refractivity contribution in [3.63, 3.8) is 0 Å². The van der Waals surface area contributed by atoms with Crippen LogP contribution < -0.4 is 0 Å². The van der Waals surface area contributed by atoms with Crippen LogP contribution in [0.4, 0.5) is 0 Å². The Morgan fingerprint density at radius 3 is 2.83 bits per heavy atom. The Bertz CT molecular complexity index is 1220. The number of likely N-dealkylation sites (tertiary alicyclic amines) is 1. The third-order valence-electron chi connectivity index (χ3n) is 8.92. The first-order valence-electron chi connectivity index (χ1n) is 14.9. The van der Waals surface area contributed by atoms with Crippen LogP contribution in [0.5, 0.6) is 0 Å². The van der Waals surface area contributed by atoms with Gasteiger partial charge in [-0.3, -0.25) is 4.79 Å². The number of hydrogen-bond acceptors (Lipinski definition) is 8. The van der Waals surface area contributed by atoms with Gasteiger partial charge in [-0.25, -0.2) is 9.98 Å². The highest BCUT2D eigenvalue weighted by atomic mass is 16.5. The highest BCUT2D eigenvalue weighted by molar-refractivity contribution is 6.20. The van der Waals surface area contributed by atoms with Crippen LogP contribution >= 0.6 is 0 Å². The Morgan fingerprint density at radius 1 is 1.22 bits per heavy atom. The van der Waals surface area contributed by atoms with Gasteiger partial charge in [-0.2, -0.15) is 5.26 Å². The van der Waals surface area contributed by atoms with Gasteiger partial charge in [0.15, 0.2) is 0 Å². The maximum absolute atomic E-state index is 12.5. The van der Waals surface area contributed by atoms with Crippen LogP contribution in [-0.2, 0) is 27.3 Å². The summed E-state index contributed by atoms with van der Waals surface area (Å²) < 4.78 is 12.5. The quantitative estimate of drug-likeness (QED) is 0.451. The van der Waals surface area contributed by atoms with E-state index < -0.39 is 6.35 Å². The molecule has 41 heavy (non-hydrogen) atoms. The Balaban J connectivity index is 1.32. The molecule has 219 valence electrons. The maximum atomic E-state index is 12.5. The lowest BCUT2D eigenvalue weighted by Crippen LogP contribution is -2.58. The molecule has 4 heterocycles. The average molecular weight is 560 g/mol. The summed E-state index contributed by atoms with van der Waals surface area (Å²) >= 11 is 0.